The summed E-state index contributed by atoms with van der Waals surface area (Å²) in [7, 11) is 0. The molecule has 0 unspecified atom stereocenters. The first-order valence-corrected chi connectivity index (χ1v) is 11.0. The van der Waals surface area contributed by atoms with Gasteiger partial charge < -0.3 is 15.4 Å². The Labute approximate surface area is 199 Å². The van der Waals surface area contributed by atoms with Crippen molar-refractivity contribution in [3.63, 3.8) is 0 Å². The summed E-state index contributed by atoms with van der Waals surface area (Å²) in [6.07, 6.45) is 3.66. The van der Waals surface area contributed by atoms with Crippen molar-refractivity contribution in [3.05, 3.63) is 76.2 Å². The van der Waals surface area contributed by atoms with Gasteiger partial charge >= 0.3 is 0 Å². The third-order valence-electron chi connectivity index (χ3n) is 6.01. The highest BCUT2D eigenvalue weighted by Gasteiger charge is 2.46. The van der Waals surface area contributed by atoms with E-state index in [-0.39, 0.29) is 27.9 Å². The molecule has 1 aliphatic heterocycles. The fourth-order valence-corrected chi connectivity index (χ4v) is 4.37. The lowest BCUT2D eigenvalue weighted by Gasteiger charge is -2.19. The third kappa shape index (κ3) is 3.95. The van der Waals surface area contributed by atoms with Gasteiger partial charge in [0, 0.05) is 24.2 Å². The number of hydrogen-bond acceptors (Lipinski definition) is 5. The summed E-state index contributed by atoms with van der Waals surface area (Å²) in [6.45, 7) is 0. The summed E-state index contributed by atoms with van der Waals surface area (Å²) >= 11 is 6.44. The van der Waals surface area contributed by atoms with Gasteiger partial charge in [-0.2, -0.15) is 5.26 Å². The molecule has 1 saturated carbocycles. The van der Waals surface area contributed by atoms with Crippen LogP contribution in [0.1, 0.15) is 40.7 Å². The smallest absolute Gasteiger partial charge is 0.257 e. The number of aromatic nitrogens is 1. The standard InChI is InChI=1S/C25H18ClFN4O3/c26-22-16(2-1-3-17(22)25(13-28)9-10-25)24(33)30-19-6-4-14(12-18(19)27)34-20-8-11-29-23-15(20)5-7-21(32)31-23/h1-4,6,8,11-12H,5,7,9-10H2,(H,30,33)(H,29,31,32). The number of nitrogens with zero attached hydrogens (tertiary/aromatic N) is 2. The fraction of sp³-hybridized carbons (Fsp3) is 0.200. The van der Waals surface area contributed by atoms with E-state index < -0.39 is 17.1 Å². The van der Waals surface area contributed by atoms with Crippen molar-refractivity contribution in [1.82, 2.24) is 4.98 Å². The molecule has 5 rings (SSSR count). The van der Waals surface area contributed by atoms with Gasteiger partial charge in [-0.25, -0.2) is 9.37 Å². The highest BCUT2D eigenvalue weighted by atomic mass is 35.5. The summed E-state index contributed by atoms with van der Waals surface area (Å²) in [5.41, 5.74) is 0.841. The largest absolute Gasteiger partial charge is 0.457 e. The molecule has 0 bridgehead atoms. The van der Waals surface area contributed by atoms with Gasteiger partial charge in [-0.3, -0.25) is 9.59 Å². The molecule has 1 aromatic heterocycles. The molecule has 1 fully saturated rings. The van der Waals surface area contributed by atoms with E-state index in [2.05, 4.69) is 21.7 Å². The monoisotopic (exact) mass is 476 g/mol. The molecule has 2 N–H and O–H groups in total. The maximum atomic E-state index is 14.8. The van der Waals surface area contributed by atoms with Gasteiger partial charge in [0.1, 0.15) is 23.1 Å². The van der Waals surface area contributed by atoms with Gasteiger partial charge in [0.25, 0.3) is 5.91 Å². The van der Waals surface area contributed by atoms with Crippen LogP contribution < -0.4 is 15.4 Å². The number of pyridine rings is 1. The molecule has 170 valence electrons. The molecule has 2 heterocycles. The Morgan fingerprint density at radius 1 is 1.24 bits per heavy atom. The lowest BCUT2D eigenvalue weighted by molar-refractivity contribution is -0.116. The molecular formula is C25H18ClFN4O3. The van der Waals surface area contributed by atoms with Gasteiger partial charge in [-0.05, 0) is 49.1 Å². The fourth-order valence-electron chi connectivity index (χ4n) is 3.97. The number of anilines is 2. The maximum absolute atomic E-state index is 14.8. The second kappa shape index (κ2) is 8.43. The van der Waals surface area contributed by atoms with Crippen LogP contribution in [-0.4, -0.2) is 16.8 Å². The summed E-state index contributed by atoms with van der Waals surface area (Å²) in [6, 6.07) is 12.9. The minimum absolute atomic E-state index is 0.0377. The quantitative estimate of drug-likeness (QED) is 0.516. The zero-order chi connectivity index (χ0) is 23.9. The zero-order valence-electron chi connectivity index (χ0n) is 17.8. The molecule has 0 spiro atoms. The summed E-state index contributed by atoms with van der Waals surface area (Å²) < 4.78 is 20.6. The number of carbonyl (C=O) groups is 2. The van der Waals surface area contributed by atoms with E-state index in [1.807, 2.05) is 0 Å². The number of halogens is 2. The molecule has 0 radical (unpaired) electrons. The van der Waals surface area contributed by atoms with Crippen LogP contribution in [0.2, 0.25) is 5.02 Å². The molecule has 9 heteroatoms. The predicted octanol–water partition coefficient (Wildman–Crippen LogP) is 5.36. The number of ether oxygens (including phenoxy) is 1. The first-order valence-electron chi connectivity index (χ1n) is 10.7. The SMILES string of the molecule is N#CC1(c2cccc(C(=O)Nc3ccc(Oc4ccnc5c4CCC(=O)N5)cc3F)c2Cl)CC1. The second-order valence-electron chi connectivity index (χ2n) is 8.24. The molecule has 7 nitrogen and oxygen atoms in total. The van der Waals surface area contributed by atoms with Gasteiger partial charge in [0.2, 0.25) is 5.91 Å². The first-order chi connectivity index (χ1) is 16.4. The number of hydrogen-bond donors (Lipinski definition) is 2. The molecule has 2 aromatic carbocycles. The number of nitriles is 1. The summed E-state index contributed by atoms with van der Waals surface area (Å²) in [5.74, 6) is -0.255. The van der Waals surface area contributed by atoms with E-state index >= 15 is 0 Å². The Kier molecular flexibility index (Phi) is 5.42. The highest BCUT2D eigenvalue weighted by Crippen LogP contribution is 2.50. The van der Waals surface area contributed by atoms with Crippen molar-refractivity contribution in [1.29, 1.82) is 5.26 Å². The van der Waals surface area contributed by atoms with Crippen LogP contribution in [0.25, 0.3) is 0 Å². The normalized spacial score (nSPS) is 15.5. The van der Waals surface area contributed by atoms with E-state index in [0.717, 1.165) is 11.6 Å². The number of nitrogens with one attached hydrogen (secondary N) is 2. The number of carbonyl (C=O) groups excluding carboxylic acids is 2. The number of fused-ring (bicyclic) bond motifs is 1. The molecule has 1 aliphatic carbocycles. The maximum Gasteiger partial charge on any atom is 0.257 e. The molecule has 2 amide bonds. The number of benzene rings is 2. The average Bonchev–Trinajstić information content (AvgIpc) is 3.62. The molecular weight excluding hydrogens is 459 g/mol. The molecule has 2 aliphatic rings. The van der Waals surface area contributed by atoms with Gasteiger partial charge in [0.15, 0.2) is 0 Å². The topological polar surface area (TPSA) is 104 Å². The molecule has 34 heavy (non-hydrogen) atoms. The van der Waals surface area contributed by atoms with Crippen molar-refractivity contribution in [3.8, 4) is 17.6 Å². The Hall–Kier alpha value is -3.96. The first kappa shape index (κ1) is 21.9. The van der Waals surface area contributed by atoms with E-state index in [0.29, 0.717) is 42.8 Å². The Morgan fingerprint density at radius 2 is 2.06 bits per heavy atom. The van der Waals surface area contributed by atoms with Crippen molar-refractivity contribution in [2.24, 2.45) is 0 Å². The van der Waals surface area contributed by atoms with Gasteiger partial charge in [-0.15, -0.1) is 0 Å². The van der Waals surface area contributed by atoms with Crippen LogP contribution >= 0.6 is 11.6 Å². The number of rotatable bonds is 5. The zero-order valence-corrected chi connectivity index (χ0v) is 18.6. The molecule has 0 atom stereocenters. The van der Waals surface area contributed by atoms with Crippen LogP contribution in [0.15, 0.2) is 48.7 Å². The third-order valence-corrected chi connectivity index (χ3v) is 6.42. The van der Waals surface area contributed by atoms with Crippen LogP contribution in [0.5, 0.6) is 11.5 Å². The molecule has 3 aromatic rings. The van der Waals surface area contributed by atoms with E-state index in [1.54, 1.807) is 18.2 Å². The van der Waals surface area contributed by atoms with Gasteiger partial charge in [0.05, 0.1) is 27.8 Å². The Bertz CT molecular complexity index is 1380. The van der Waals surface area contributed by atoms with E-state index in [9.17, 15) is 19.2 Å². The Balaban J connectivity index is 1.34. The average molecular weight is 477 g/mol. The summed E-state index contributed by atoms with van der Waals surface area (Å²) in [5, 5.41) is 14.9. The van der Waals surface area contributed by atoms with Crippen molar-refractivity contribution >= 4 is 34.9 Å². The van der Waals surface area contributed by atoms with Crippen LogP contribution in [0.3, 0.4) is 0 Å². The minimum atomic E-state index is -0.690. The van der Waals surface area contributed by atoms with Crippen LogP contribution in [0, 0.1) is 17.1 Å². The second-order valence-corrected chi connectivity index (χ2v) is 8.62. The van der Waals surface area contributed by atoms with Crippen LogP contribution in [0.4, 0.5) is 15.9 Å². The highest BCUT2D eigenvalue weighted by molar-refractivity contribution is 6.35. The summed E-state index contributed by atoms with van der Waals surface area (Å²) in [4.78, 5) is 28.5. The van der Waals surface area contributed by atoms with E-state index in [4.69, 9.17) is 16.3 Å². The minimum Gasteiger partial charge on any atom is -0.457 e. The van der Waals surface area contributed by atoms with E-state index in [1.165, 1.54) is 24.4 Å². The van der Waals surface area contributed by atoms with Gasteiger partial charge in [-0.1, -0.05) is 23.7 Å². The lowest BCUT2D eigenvalue weighted by Crippen LogP contribution is -2.20. The Morgan fingerprint density at radius 3 is 2.79 bits per heavy atom. The van der Waals surface area contributed by atoms with Crippen molar-refractivity contribution < 1.29 is 18.7 Å². The van der Waals surface area contributed by atoms with Crippen LogP contribution in [-0.2, 0) is 16.6 Å². The predicted molar refractivity (Wildman–Crippen MR) is 124 cm³/mol. The van der Waals surface area contributed by atoms with Crippen molar-refractivity contribution in [2.45, 2.75) is 31.1 Å². The van der Waals surface area contributed by atoms with Crippen molar-refractivity contribution in [2.75, 3.05) is 10.6 Å². The number of amides is 2. The molecule has 0 saturated heterocycles. The lowest BCUT2D eigenvalue weighted by atomic mass is 9.95.